The molecule has 0 N–H and O–H groups in total. The van der Waals surface area contributed by atoms with Crippen molar-refractivity contribution in [1.29, 1.82) is 0 Å². The van der Waals surface area contributed by atoms with Crippen LogP contribution < -0.4 is 5.56 Å². The van der Waals surface area contributed by atoms with Crippen LogP contribution in [0.3, 0.4) is 0 Å². The molecule has 1 aromatic rings. The molecule has 2 fully saturated rings. The summed E-state index contributed by atoms with van der Waals surface area (Å²) in [4.78, 5) is 29.6. The number of rotatable bonds is 6. The summed E-state index contributed by atoms with van der Waals surface area (Å²) >= 11 is 0. The predicted molar refractivity (Wildman–Crippen MR) is 96.9 cm³/mol. The zero-order chi connectivity index (χ0) is 17.8. The maximum Gasteiger partial charge on any atom is 0.255 e. The van der Waals surface area contributed by atoms with Gasteiger partial charge in [-0.2, -0.15) is 0 Å². The zero-order valence-corrected chi connectivity index (χ0v) is 15.3. The highest BCUT2D eigenvalue weighted by Crippen LogP contribution is 2.30. The van der Waals surface area contributed by atoms with Gasteiger partial charge < -0.3 is 14.2 Å². The summed E-state index contributed by atoms with van der Waals surface area (Å²) in [5.74, 6) is 0.0524. The number of hydrogen-bond acceptors (Lipinski definition) is 4. The Morgan fingerprint density at radius 2 is 1.96 bits per heavy atom. The third-order valence-corrected chi connectivity index (χ3v) is 5.59. The molecule has 3 heterocycles. The highest BCUT2D eigenvalue weighted by atomic mass is 16.5. The number of carbonyl (C=O) groups excluding carboxylic acids is 1. The van der Waals surface area contributed by atoms with Gasteiger partial charge >= 0.3 is 0 Å². The predicted octanol–water partition coefficient (Wildman–Crippen LogP) is 1.58. The van der Waals surface area contributed by atoms with E-state index in [4.69, 9.17) is 4.74 Å². The normalized spacial score (nSPS) is 24.2. The molecule has 0 aromatic carbocycles. The monoisotopic (exact) mass is 347 g/mol. The number of aromatic nitrogens is 1. The Bertz CT molecular complexity index is 658. The van der Waals surface area contributed by atoms with E-state index in [0.717, 1.165) is 32.5 Å². The maximum atomic E-state index is 13.1. The maximum absolute atomic E-state index is 13.1. The first-order valence-corrected chi connectivity index (χ1v) is 9.40. The SMILES string of the molecule is CCN1CCC[C@H]1[C@@H]1CCCN1C(=O)c1ccc(=O)n(CCOC)c1. The second-order valence-electron chi connectivity index (χ2n) is 6.99. The fraction of sp³-hybridized carbons (Fsp3) is 0.684. The van der Waals surface area contributed by atoms with Crippen LogP contribution in [0, 0.1) is 0 Å². The van der Waals surface area contributed by atoms with E-state index in [1.54, 1.807) is 23.9 Å². The second kappa shape index (κ2) is 8.15. The van der Waals surface area contributed by atoms with Gasteiger partial charge in [-0.15, -0.1) is 0 Å². The standard InChI is InChI=1S/C19H29N3O3/c1-3-20-10-4-6-16(20)17-7-5-11-22(17)19(24)15-8-9-18(23)21(14-15)12-13-25-2/h8-9,14,16-17H,3-7,10-13H2,1-2H3/t16-,17-/m0/s1. The van der Waals surface area contributed by atoms with Crippen molar-refractivity contribution >= 4 is 5.91 Å². The van der Waals surface area contributed by atoms with Gasteiger partial charge in [-0.05, 0) is 44.8 Å². The van der Waals surface area contributed by atoms with Crippen LogP contribution in [0.5, 0.6) is 0 Å². The molecule has 138 valence electrons. The van der Waals surface area contributed by atoms with Crippen LogP contribution in [-0.4, -0.2) is 65.7 Å². The second-order valence-corrected chi connectivity index (χ2v) is 6.99. The first kappa shape index (κ1) is 18.1. The Kier molecular flexibility index (Phi) is 5.91. The third kappa shape index (κ3) is 3.80. The van der Waals surface area contributed by atoms with Crippen molar-refractivity contribution in [1.82, 2.24) is 14.4 Å². The molecule has 2 atom stereocenters. The van der Waals surface area contributed by atoms with Crippen LogP contribution in [0.1, 0.15) is 43.0 Å². The molecule has 0 unspecified atom stereocenters. The van der Waals surface area contributed by atoms with Crippen molar-refractivity contribution < 1.29 is 9.53 Å². The average Bonchev–Trinajstić information content (AvgIpc) is 3.28. The first-order chi connectivity index (χ1) is 12.2. The quantitative estimate of drug-likeness (QED) is 0.784. The molecule has 3 rings (SSSR count). The van der Waals surface area contributed by atoms with Gasteiger partial charge in [-0.3, -0.25) is 14.5 Å². The van der Waals surface area contributed by atoms with Crippen molar-refractivity contribution in [3.05, 3.63) is 34.2 Å². The molecular weight excluding hydrogens is 318 g/mol. The number of hydrogen-bond donors (Lipinski definition) is 0. The number of amides is 1. The minimum Gasteiger partial charge on any atom is -0.383 e. The summed E-state index contributed by atoms with van der Waals surface area (Å²) in [6.45, 7) is 6.12. The van der Waals surface area contributed by atoms with E-state index in [9.17, 15) is 9.59 Å². The van der Waals surface area contributed by atoms with E-state index >= 15 is 0 Å². The Hall–Kier alpha value is -1.66. The van der Waals surface area contributed by atoms with Gasteiger partial charge in [0.2, 0.25) is 0 Å². The van der Waals surface area contributed by atoms with Gasteiger partial charge in [0.15, 0.2) is 0 Å². The molecule has 25 heavy (non-hydrogen) atoms. The molecule has 1 aromatic heterocycles. The summed E-state index contributed by atoms with van der Waals surface area (Å²) in [7, 11) is 1.61. The van der Waals surface area contributed by atoms with E-state index in [0.29, 0.717) is 30.8 Å². The number of methoxy groups -OCH3 is 1. The fourth-order valence-electron chi connectivity index (χ4n) is 4.31. The van der Waals surface area contributed by atoms with Crippen LogP contribution in [0.2, 0.25) is 0 Å². The van der Waals surface area contributed by atoms with Gasteiger partial charge in [0.05, 0.1) is 12.2 Å². The fourth-order valence-corrected chi connectivity index (χ4v) is 4.31. The number of carbonyl (C=O) groups is 1. The number of likely N-dealkylation sites (tertiary alicyclic amines) is 2. The first-order valence-electron chi connectivity index (χ1n) is 9.40. The van der Waals surface area contributed by atoms with Crippen LogP contribution in [0.4, 0.5) is 0 Å². The summed E-state index contributed by atoms with van der Waals surface area (Å²) < 4.78 is 6.61. The Labute approximate surface area is 149 Å². The minimum absolute atomic E-state index is 0.0524. The van der Waals surface area contributed by atoms with Gasteiger partial charge in [0.1, 0.15) is 0 Å². The van der Waals surface area contributed by atoms with E-state index < -0.39 is 0 Å². The van der Waals surface area contributed by atoms with Crippen molar-refractivity contribution in [2.45, 2.75) is 51.2 Å². The van der Waals surface area contributed by atoms with Gasteiger partial charge in [0, 0.05) is 44.5 Å². The molecule has 6 nitrogen and oxygen atoms in total. The molecule has 2 aliphatic heterocycles. The topological polar surface area (TPSA) is 54.8 Å². The molecule has 1 amide bonds. The summed E-state index contributed by atoms with van der Waals surface area (Å²) in [5.41, 5.74) is 0.503. The molecular formula is C19H29N3O3. The number of likely N-dealkylation sites (N-methyl/N-ethyl adjacent to an activating group) is 1. The minimum atomic E-state index is -0.0977. The Morgan fingerprint density at radius 1 is 1.20 bits per heavy atom. The molecule has 0 radical (unpaired) electrons. The largest absolute Gasteiger partial charge is 0.383 e. The zero-order valence-electron chi connectivity index (χ0n) is 15.3. The van der Waals surface area contributed by atoms with Crippen LogP contribution in [0.25, 0.3) is 0 Å². The summed E-state index contributed by atoms with van der Waals surface area (Å²) in [6.07, 6.45) is 6.23. The van der Waals surface area contributed by atoms with E-state index in [2.05, 4.69) is 11.8 Å². The highest BCUT2D eigenvalue weighted by molar-refractivity contribution is 5.94. The van der Waals surface area contributed by atoms with E-state index in [1.807, 2.05) is 4.90 Å². The number of ether oxygens (including phenoxy) is 1. The van der Waals surface area contributed by atoms with Gasteiger partial charge in [-0.25, -0.2) is 0 Å². The van der Waals surface area contributed by atoms with Crippen LogP contribution in [-0.2, 0) is 11.3 Å². The molecule has 2 aliphatic rings. The smallest absolute Gasteiger partial charge is 0.255 e. The summed E-state index contributed by atoms with van der Waals surface area (Å²) in [6, 6.07) is 3.93. The molecule has 6 heteroatoms. The van der Waals surface area contributed by atoms with E-state index in [1.165, 1.54) is 18.9 Å². The lowest BCUT2D eigenvalue weighted by Gasteiger charge is -2.34. The Balaban J connectivity index is 1.78. The molecule has 0 saturated carbocycles. The van der Waals surface area contributed by atoms with Crippen molar-refractivity contribution in [2.24, 2.45) is 0 Å². The molecule has 0 aliphatic carbocycles. The summed E-state index contributed by atoms with van der Waals surface area (Å²) in [5, 5.41) is 0. The molecule has 2 saturated heterocycles. The lowest BCUT2D eigenvalue weighted by molar-refractivity contribution is 0.0648. The lowest BCUT2D eigenvalue weighted by atomic mass is 10.0. The van der Waals surface area contributed by atoms with Crippen molar-refractivity contribution in [2.75, 3.05) is 33.4 Å². The highest BCUT2D eigenvalue weighted by Gasteiger charge is 2.39. The Morgan fingerprint density at radius 3 is 2.72 bits per heavy atom. The van der Waals surface area contributed by atoms with Crippen LogP contribution >= 0.6 is 0 Å². The molecule has 0 spiro atoms. The third-order valence-electron chi connectivity index (χ3n) is 5.59. The van der Waals surface area contributed by atoms with Gasteiger partial charge in [-0.1, -0.05) is 6.92 Å². The molecule has 0 bridgehead atoms. The number of nitrogens with zero attached hydrogens (tertiary/aromatic N) is 3. The lowest BCUT2D eigenvalue weighted by Crippen LogP contribution is -2.48. The van der Waals surface area contributed by atoms with Crippen molar-refractivity contribution in [3.8, 4) is 0 Å². The van der Waals surface area contributed by atoms with Crippen LogP contribution in [0.15, 0.2) is 23.1 Å². The van der Waals surface area contributed by atoms with Gasteiger partial charge in [0.25, 0.3) is 11.5 Å². The number of pyridine rings is 1. The average molecular weight is 347 g/mol. The van der Waals surface area contributed by atoms with E-state index in [-0.39, 0.29) is 11.5 Å². The van der Waals surface area contributed by atoms with Crippen molar-refractivity contribution in [3.63, 3.8) is 0 Å².